The lowest BCUT2D eigenvalue weighted by Gasteiger charge is -2.17. The predicted molar refractivity (Wildman–Crippen MR) is 52.7 cm³/mol. The molecule has 0 rings (SSSR count). The fourth-order valence-electron chi connectivity index (χ4n) is 0.977. The van der Waals surface area contributed by atoms with Gasteiger partial charge in [0.05, 0.1) is 14.1 Å². The number of carbonyl (C=O) groups excluding carboxylic acids is 1. The van der Waals surface area contributed by atoms with Crippen molar-refractivity contribution in [3.63, 3.8) is 0 Å². The Bertz CT molecular complexity index is 193. The number of carbonyl (C=O) groups is 1. The van der Waals surface area contributed by atoms with E-state index in [0.717, 1.165) is 13.0 Å². The van der Waals surface area contributed by atoms with E-state index in [2.05, 4.69) is 6.58 Å². The molecule has 1 atom stereocenters. The van der Waals surface area contributed by atoms with Gasteiger partial charge in [0, 0.05) is 5.57 Å². The normalized spacial score (nSPS) is 11.8. The standard InChI is InChI=1S/C10H19NO2.ClH/c1-6-9(7-11(4)5)13-10(12)8(2)3;/h9H,2,6-7H2,1,3-5H3;1H. The number of hydrogen-bond acceptors (Lipinski definition) is 2. The molecule has 0 aromatic heterocycles. The monoisotopic (exact) mass is 221 g/mol. The molecule has 0 saturated carbocycles. The summed E-state index contributed by atoms with van der Waals surface area (Å²) in [4.78, 5) is 12.4. The van der Waals surface area contributed by atoms with Crippen LogP contribution in [0.25, 0.3) is 0 Å². The van der Waals surface area contributed by atoms with Gasteiger partial charge in [-0.2, -0.15) is 0 Å². The Balaban J connectivity index is 0. The number of likely N-dealkylation sites (N-methyl/N-ethyl adjacent to an activating group) is 1. The minimum Gasteiger partial charge on any atom is -1.00 e. The highest BCUT2D eigenvalue weighted by Gasteiger charge is 2.15. The molecule has 3 nitrogen and oxygen atoms in total. The van der Waals surface area contributed by atoms with Crippen LogP contribution in [0.3, 0.4) is 0 Å². The Labute approximate surface area is 92.5 Å². The maximum atomic E-state index is 11.2. The Kier molecular flexibility index (Phi) is 8.89. The molecule has 0 saturated heterocycles. The quantitative estimate of drug-likeness (QED) is 0.397. The van der Waals surface area contributed by atoms with Crippen LogP contribution in [0.1, 0.15) is 20.3 Å². The highest BCUT2D eigenvalue weighted by atomic mass is 35.5. The van der Waals surface area contributed by atoms with Crippen molar-refractivity contribution < 1.29 is 26.8 Å². The van der Waals surface area contributed by atoms with Crippen LogP contribution >= 0.6 is 0 Å². The molecule has 1 N–H and O–H groups in total. The molecule has 0 radical (unpaired) electrons. The number of nitrogens with one attached hydrogen (secondary N) is 1. The molecule has 0 aliphatic rings. The lowest BCUT2D eigenvalue weighted by Crippen LogP contribution is -3.07. The molecule has 0 fully saturated rings. The van der Waals surface area contributed by atoms with Crippen molar-refractivity contribution in [3.05, 3.63) is 12.2 Å². The van der Waals surface area contributed by atoms with E-state index in [-0.39, 0.29) is 24.5 Å². The minimum absolute atomic E-state index is 0. The number of esters is 1. The second-order valence-electron chi connectivity index (χ2n) is 3.63. The summed E-state index contributed by atoms with van der Waals surface area (Å²) in [7, 11) is 4.08. The zero-order valence-electron chi connectivity index (χ0n) is 9.39. The van der Waals surface area contributed by atoms with Crippen LogP contribution in [-0.2, 0) is 9.53 Å². The highest BCUT2D eigenvalue weighted by molar-refractivity contribution is 5.87. The average Bonchev–Trinajstić information content (AvgIpc) is 2.02. The van der Waals surface area contributed by atoms with E-state index >= 15 is 0 Å². The van der Waals surface area contributed by atoms with Gasteiger partial charge in [-0.05, 0) is 13.3 Å². The predicted octanol–water partition coefficient (Wildman–Crippen LogP) is -2.97. The molecule has 14 heavy (non-hydrogen) atoms. The summed E-state index contributed by atoms with van der Waals surface area (Å²) < 4.78 is 5.21. The summed E-state index contributed by atoms with van der Waals surface area (Å²) in [6, 6.07) is 0. The average molecular weight is 222 g/mol. The zero-order chi connectivity index (χ0) is 10.4. The number of quaternary nitrogens is 1. The maximum absolute atomic E-state index is 11.2. The van der Waals surface area contributed by atoms with Crippen molar-refractivity contribution in [2.24, 2.45) is 0 Å². The van der Waals surface area contributed by atoms with Gasteiger partial charge in [-0.15, -0.1) is 0 Å². The molecular weight excluding hydrogens is 202 g/mol. The molecule has 0 aliphatic carbocycles. The summed E-state index contributed by atoms with van der Waals surface area (Å²) in [6.07, 6.45) is 0.860. The van der Waals surface area contributed by atoms with E-state index in [4.69, 9.17) is 4.74 Å². The largest absolute Gasteiger partial charge is 1.00 e. The molecule has 0 amide bonds. The van der Waals surface area contributed by atoms with Gasteiger partial charge in [0.15, 0.2) is 6.10 Å². The molecular formula is C10H20ClNO2. The first-order valence-corrected chi connectivity index (χ1v) is 4.62. The lowest BCUT2D eigenvalue weighted by molar-refractivity contribution is -0.861. The summed E-state index contributed by atoms with van der Waals surface area (Å²) in [5.74, 6) is -0.284. The fraction of sp³-hybridized carbons (Fsp3) is 0.700. The van der Waals surface area contributed by atoms with Crippen molar-refractivity contribution in [1.82, 2.24) is 0 Å². The molecule has 0 spiro atoms. The van der Waals surface area contributed by atoms with Gasteiger partial charge >= 0.3 is 5.97 Å². The van der Waals surface area contributed by atoms with Crippen LogP contribution in [0.2, 0.25) is 0 Å². The second-order valence-corrected chi connectivity index (χ2v) is 3.63. The van der Waals surface area contributed by atoms with Crippen molar-refractivity contribution in [2.45, 2.75) is 26.4 Å². The van der Waals surface area contributed by atoms with Gasteiger partial charge in [-0.3, -0.25) is 0 Å². The van der Waals surface area contributed by atoms with E-state index in [1.165, 1.54) is 4.90 Å². The zero-order valence-corrected chi connectivity index (χ0v) is 10.1. The number of halogens is 1. The van der Waals surface area contributed by atoms with E-state index < -0.39 is 0 Å². The van der Waals surface area contributed by atoms with E-state index in [9.17, 15) is 4.79 Å². The smallest absolute Gasteiger partial charge is 0.333 e. The fourth-order valence-corrected chi connectivity index (χ4v) is 0.977. The molecule has 0 bridgehead atoms. The van der Waals surface area contributed by atoms with Crippen molar-refractivity contribution in [2.75, 3.05) is 20.6 Å². The summed E-state index contributed by atoms with van der Waals surface area (Å²) in [5.41, 5.74) is 0.465. The lowest BCUT2D eigenvalue weighted by atomic mass is 10.2. The molecule has 0 aromatic rings. The van der Waals surface area contributed by atoms with E-state index in [1.807, 2.05) is 21.0 Å². The Morgan fingerprint density at radius 1 is 1.50 bits per heavy atom. The number of hydrogen-bond donors (Lipinski definition) is 1. The van der Waals surface area contributed by atoms with Crippen LogP contribution in [0.4, 0.5) is 0 Å². The Morgan fingerprint density at radius 3 is 2.29 bits per heavy atom. The van der Waals surface area contributed by atoms with Gasteiger partial charge in [-0.1, -0.05) is 13.5 Å². The van der Waals surface area contributed by atoms with Gasteiger partial charge in [-0.25, -0.2) is 4.79 Å². The molecule has 0 heterocycles. The highest BCUT2D eigenvalue weighted by Crippen LogP contribution is 2.00. The van der Waals surface area contributed by atoms with Gasteiger partial charge in [0.2, 0.25) is 0 Å². The first-order chi connectivity index (χ1) is 5.97. The van der Waals surface area contributed by atoms with E-state index in [0.29, 0.717) is 5.57 Å². The maximum Gasteiger partial charge on any atom is 0.333 e. The van der Waals surface area contributed by atoms with Crippen molar-refractivity contribution >= 4 is 5.97 Å². The molecule has 0 aromatic carbocycles. The van der Waals surface area contributed by atoms with Crippen LogP contribution in [0, 0.1) is 0 Å². The summed E-state index contributed by atoms with van der Waals surface area (Å²) in [5, 5.41) is 0. The summed E-state index contributed by atoms with van der Waals surface area (Å²) >= 11 is 0. The van der Waals surface area contributed by atoms with E-state index in [1.54, 1.807) is 6.92 Å². The third-order valence-electron chi connectivity index (χ3n) is 1.71. The molecule has 84 valence electrons. The molecule has 4 heteroatoms. The Hall–Kier alpha value is -0.540. The third-order valence-corrected chi connectivity index (χ3v) is 1.71. The van der Waals surface area contributed by atoms with Crippen molar-refractivity contribution in [3.8, 4) is 0 Å². The topological polar surface area (TPSA) is 30.7 Å². The molecule has 0 aliphatic heterocycles. The van der Waals surface area contributed by atoms with Crippen LogP contribution < -0.4 is 17.3 Å². The van der Waals surface area contributed by atoms with Gasteiger partial charge in [0.25, 0.3) is 0 Å². The van der Waals surface area contributed by atoms with Crippen LogP contribution in [0.15, 0.2) is 12.2 Å². The van der Waals surface area contributed by atoms with Crippen LogP contribution in [0.5, 0.6) is 0 Å². The minimum atomic E-state index is -0.284. The first-order valence-electron chi connectivity index (χ1n) is 4.62. The molecule has 1 unspecified atom stereocenters. The summed E-state index contributed by atoms with van der Waals surface area (Å²) in [6.45, 7) is 8.06. The second kappa shape index (κ2) is 7.83. The SMILES string of the molecule is C=C(C)C(=O)OC(CC)C[NH+](C)C.[Cl-]. The van der Waals surface area contributed by atoms with Gasteiger partial charge in [0.1, 0.15) is 6.54 Å². The number of ether oxygens (including phenoxy) is 1. The van der Waals surface area contributed by atoms with Crippen LogP contribution in [-0.4, -0.2) is 32.7 Å². The van der Waals surface area contributed by atoms with Crippen molar-refractivity contribution in [1.29, 1.82) is 0 Å². The first kappa shape index (κ1) is 15.9. The number of rotatable bonds is 5. The third kappa shape index (κ3) is 6.92. The Morgan fingerprint density at radius 2 is 2.00 bits per heavy atom. The van der Waals surface area contributed by atoms with Gasteiger partial charge < -0.3 is 22.0 Å².